The van der Waals surface area contributed by atoms with Crippen LogP contribution in [0.15, 0.2) is 18.2 Å². The zero-order valence-electron chi connectivity index (χ0n) is 9.22. The standard InChI is InChI=1S/C9H10Cl2N2O4S/c1-13(5-9(14)15)18(16,17)12-8-3-2-6(10)4-7(8)11/h2-4,12H,5H2,1H3,(H,14,15). The topological polar surface area (TPSA) is 86.7 Å². The van der Waals surface area contributed by atoms with Crippen LogP contribution in [-0.4, -0.2) is 37.4 Å². The number of anilines is 1. The van der Waals surface area contributed by atoms with Crippen molar-refractivity contribution in [1.82, 2.24) is 4.31 Å². The molecule has 0 saturated heterocycles. The Balaban J connectivity index is 2.92. The van der Waals surface area contributed by atoms with Gasteiger partial charge in [-0.05, 0) is 18.2 Å². The van der Waals surface area contributed by atoms with Gasteiger partial charge in [-0.15, -0.1) is 0 Å². The molecule has 0 fully saturated rings. The molecule has 0 spiro atoms. The van der Waals surface area contributed by atoms with Gasteiger partial charge in [-0.3, -0.25) is 9.52 Å². The maximum absolute atomic E-state index is 11.7. The number of carboxylic acids is 1. The number of nitrogens with one attached hydrogen (secondary N) is 1. The molecule has 0 unspecified atom stereocenters. The minimum Gasteiger partial charge on any atom is -0.480 e. The summed E-state index contributed by atoms with van der Waals surface area (Å²) >= 11 is 11.5. The van der Waals surface area contributed by atoms with E-state index in [1.807, 2.05) is 0 Å². The Hall–Kier alpha value is -1.02. The Bertz CT molecular complexity index is 562. The molecule has 1 aromatic carbocycles. The number of aliphatic carboxylic acids is 1. The van der Waals surface area contributed by atoms with E-state index in [2.05, 4.69) is 4.72 Å². The van der Waals surface area contributed by atoms with E-state index in [-0.39, 0.29) is 10.7 Å². The summed E-state index contributed by atoms with van der Waals surface area (Å²) in [5.74, 6) is -1.26. The van der Waals surface area contributed by atoms with Crippen LogP contribution in [0, 0.1) is 0 Å². The molecule has 0 bridgehead atoms. The molecule has 100 valence electrons. The van der Waals surface area contributed by atoms with Gasteiger partial charge in [0.05, 0.1) is 10.7 Å². The summed E-state index contributed by atoms with van der Waals surface area (Å²) in [7, 11) is -2.83. The van der Waals surface area contributed by atoms with Gasteiger partial charge in [0.2, 0.25) is 0 Å². The summed E-state index contributed by atoms with van der Waals surface area (Å²) in [4.78, 5) is 10.4. The summed E-state index contributed by atoms with van der Waals surface area (Å²) in [6.45, 7) is -0.652. The van der Waals surface area contributed by atoms with E-state index >= 15 is 0 Å². The molecule has 0 aliphatic rings. The largest absolute Gasteiger partial charge is 0.480 e. The molecule has 0 aliphatic heterocycles. The first kappa shape index (κ1) is 15.0. The molecule has 2 N–H and O–H groups in total. The zero-order chi connectivity index (χ0) is 13.9. The van der Waals surface area contributed by atoms with Crippen molar-refractivity contribution < 1.29 is 18.3 Å². The fourth-order valence-corrected chi connectivity index (χ4v) is 2.47. The summed E-state index contributed by atoms with van der Waals surface area (Å²) < 4.78 is 26.3. The van der Waals surface area contributed by atoms with E-state index in [9.17, 15) is 13.2 Å². The van der Waals surface area contributed by atoms with Crippen molar-refractivity contribution in [2.45, 2.75) is 0 Å². The lowest BCUT2D eigenvalue weighted by Crippen LogP contribution is -2.36. The molecule has 0 aromatic heterocycles. The second-order valence-corrected chi connectivity index (χ2v) is 6.00. The second kappa shape index (κ2) is 5.75. The van der Waals surface area contributed by atoms with Crippen molar-refractivity contribution in [3.05, 3.63) is 28.2 Å². The summed E-state index contributed by atoms with van der Waals surface area (Å²) in [6, 6.07) is 4.22. The number of carboxylic acid groups (broad SMARTS) is 1. The second-order valence-electron chi connectivity index (χ2n) is 3.38. The fourth-order valence-electron chi connectivity index (χ4n) is 1.06. The van der Waals surface area contributed by atoms with E-state index in [4.69, 9.17) is 28.3 Å². The van der Waals surface area contributed by atoms with Crippen LogP contribution in [0.3, 0.4) is 0 Å². The molecule has 0 radical (unpaired) electrons. The highest BCUT2D eigenvalue weighted by atomic mass is 35.5. The van der Waals surface area contributed by atoms with E-state index in [1.54, 1.807) is 0 Å². The van der Waals surface area contributed by atoms with Crippen molar-refractivity contribution in [2.75, 3.05) is 18.3 Å². The highest BCUT2D eigenvalue weighted by Gasteiger charge is 2.20. The third-order valence-corrected chi connectivity index (χ3v) is 3.91. The molecule has 1 aromatic rings. The lowest BCUT2D eigenvalue weighted by molar-refractivity contribution is -0.137. The van der Waals surface area contributed by atoms with Crippen molar-refractivity contribution >= 4 is 45.1 Å². The molecule has 0 amide bonds. The molecule has 0 saturated carbocycles. The van der Waals surface area contributed by atoms with Gasteiger partial charge in [0, 0.05) is 12.1 Å². The highest BCUT2D eigenvalue weighted by molar-refractivity contribution is 7.90. The van der Waals surface area contributed by atoms with Gasteiger partial charge in [-0.2, -0.15) is 12.7 Å². The summed E-state index contributed by atoms with van der Waals surface area (Å²) in [6.07, 6.45) is 0. The Kier molecular flexibility index (Phi) is 4.80. The third kappa shape index (κ3) is 4.02. The first-order valence-corrected chi connectivity index (χ1v) is 6.83. The minimum absolute atomic E-state index is 0.120. The van der Waals surface area contributed by atoms with Crippen LogP contribution in [0.1, 0.15) is 0 Å². The van der Waals surface area contributed by atoms with Gasteiger partial charge in [0.25, 0.3) is 0 Å². The van der Waals surface area contributed by atoms with Crippen molar-refractivity contribution in [2.24, 2.45) is 0 Å². The average molecular weight is 313 g/mol. The molecule has 0 atom stereocenters. The number of carbonyl (C=O) groups is 1. The fraction of sp³-hybridized carbons (Fsp3) is 0.222. The molecular weight excluding hydrogens is 303 g/mol. The lowest BCUT2D eigenvalue weighted by Gasteiger charge is -2.16. The van der Waals surface area contributed by atoms with Gasteiger partial charge in [-0.25, -0.2) is 0 Å². The monoisotopic (exact) mass is 312 g/mol. The van der Waals surface area contributed by atoms with E-state index in [1.165, 1.54) is 18.2 Å². The van der Waals surface area contributed by atoms with Crippen LogP contribution in [0.5, 0.6) is 0 Å². The first-order valence-electron chi connectivity index (χ1n) is 4.63. The van der Waals surface area contributed by atoms with Gasteiger partial charge in [0.15, 0.2) is 0 Å². The van der Waals surface area contributed by atoms with E-state index < -0.39 is 22.7 Å². The Morgan fingerprint density at radius 3 is 2.56 bits per heavy atom. The maximum atomic E-state index is 11.7. The number of benzene rings is 1. The molecule has 0 heterocycles. The van der Waals surface area contributed by atoms with Crippen molar-refractivity contribution in [3.8, 4) is 0 Å². The van der Waals surface area contributed by atoms with Crippen LogP contribution in [0.4, 0.5) is 5.69 Å². The Labute approximate surface area is 114 Å². The summed E-state index contributed by atoms with van der Waals surface area (Å²) in [5.41, 5.74) is 0.123. The number of nitrogens with zero attached hydrogens (tertiary/aromatic N) is 1. The predicted molar refractivity (Wildman–Crippen MR) is 69.3 cm³/mol. The Morgan fingerprint density at radius 1 is 1.44 bits per heavy atom. The normalized spacial score (nSPS) is 11.6. The van der Waals surface area contributed by atoms with Gasteiger partial charge >= 0.3 is 16.2 Å². The van der Waals surface area contributed by atoms with Crippen LogP contribution in [0.2, 0.25) is 10.0 Å². The van der Waals surface area contributed by atoms with Crippen LogP contribution in [0.25, 0.3) is 0 Å². The molecule has 9 heteroatoms. The van der Waals surface area contributed by atoms with Crippen molar-refractivity contribution in [3.63, 3.8) is 0 Å². The minimum atomic E-state index is -3.97. The SMILES string of the molecule is CN(CC(=O)O)S(=O)(=O)Nc1ccc(Cl)cc1Cl. The first-order chi connectivity index (χ1) is 8.22. The maximum Gasteiger partial charge on any atom is 0.318 e. The van der Waals surface area contributed by atoms with Crippen LogP contribution >= 0.6 is 23.2 Å². The summed E-state index contributed by atoms with van der Waals surface area (Å²) in [5, 5.41) is 9.01. The molecule has 6 nitrogen and oxygen atoms in total. The van der Waals surface area contributed by atoms with Gasteiger partial charge < -0.3 is 5.11 Å². The Morgan fingerprint density at radius 2 is 2.06 bits per heavy atom. The van der Waals surface area contributed by atoms with Crippen molar-refractivity contribution in [1.29, 1.82) is 0 Å². The van der Waals surface area contributed by atoms with E-state index in [0.717, 1.165) is 7.05 Å². The van der Waals surface area contributed by atoms with Gasteiger partial charge in [0.1, 0.15) is 6.54 Å². The van der Waals surface area contributed by atoms with Gasteiger partial charge in [-0.1, -0.05) is 23.2 Å². The zero-order valence-corrected chi connectivity index (χ0v) is 11.6. The van der Waals surface area contributed by atoms with Crippen LogP contribution in [-0.2, 0) is 15.0 Å². The highest BCUT2D eigenvalue weighted by Crippen LogP contribution is 2.26. The number of hydrogen-bond donors (Lipinski definition) is 2. The quantitative estimate of drug-likeness (QED) is 0.865. The number of likely N-dealkylation sites (N-methyl/N-ethyl adjacent to an activating group) is 1. The third-order valence-electron chi connectivity index (χ3n) is 1.94. The number of rotatable bonds is 5. The van der Waals surface area contributed by atoms with Crippen LogP contribution < -0.4 is 4.72 Å². The predicted octanol–water partition coefficient (Wildman–Crippen LogP) is 1.67. The molecule has 1 rings (SSSR count). The average Bonchev–Trinajstić information content (AvgIpc) is 2.21. The molecule has 0 aliphatic carbocycles. The number of halogens is 2. The molecular formula is C9H10Cl2N2O4S. The lowest BCUT2D eigenvalue weighted by atomic mass is 10.3. The molecule has 18 heavy (non-hydrogen) atoms. The van der Waals surface area contributed by atoms with E-state index in [0.29, 0.717) is 9.33 Å². The smallest absolute Gasteiger partial charge is 0.318 e. The number of hydrogen-bond acceptors (Lipinski definition) is 3.